The zero-order valence-corrected chi connectivity index (χ0v) is 7.33. The van der Waals surface area contributed by atoms with Gasteiger partial charge in [-0.2, -0.15) is 0 Å². The molecule has 11 heavy (non-hydrogen) atoms. The van der Waals surface area contributed by atoms with Crippen molar-refractivity contribution in [2.24, 2.45) is 5.92 Å². The zero-order valence-electron chi connectivity index (χ0n) is 7.33. The third-order valence-electron chi connectivity index (χ3n) is 1.66. The molecule has 0 aliphatic heterocycles. The Labute approximate surface area is 67.4 Å². The number of hydrogen-bond donors (Lipinski definition) is 0. The fraction of sp³-hybridized carbons (Fsp3) is 0.750. The van der Waals surface area contributed by atoms with Gasteiger partial charge in [-0.1, -0.05) is 6.92 Å². The van der Waals surface area contributed by atoms with E-state index >= 15 is 0 Å². The summed E-state index contributed by atoms with van der Waals surface area (Å²) in [4.78, 5) is 22.9. The molecule has 0 aromatic rings. The highest BCUT2D eigenvalue weighted by molar-refractivity contribution is 5.80. The minimum absolute atomic E-state index is 0.0413. The molecule has 0 bridgehead atoms. The Kier molecular flexibility index (Phi) is 4.50. The van der Waals surface area contributed by atoms with Crippen LogP contribution in [0.1, 0.15) is 19.8 Å². The molecule has 0 aromatic carbocycles. The monoisotopic (exact) mass is 157 g/mol. The molecular weight excluding hydrogens is 142 g/mol. The van der Waals surface area contributed by atoms with Crippen molar-refractivity contribution in [3.05, 3.63) is 0 Å². The lowest BCUT2D eigenvalue weighted by molar-refractivity contribution is -0.134. The summed E-state index contributed by atoms with van der Waals surface area (Å²) >= 11 is 0. The molecule has 0 heterocycles. The number of rotatable bonds is 4. The fourth-order valence-corrected chi connectivity index (χ4v) is 0.923. The van der Waals surface area contributed by atoms with Gasteiger partial charge >= 0.3 is 0 Å². The summed E-state index contributed by atoms with van der Waals surface area (Å²) in [5, 5.41) is 0. The molecule has 0 spiro atoms. The van der Waals surface area contributed by atoms with E-state index in [0.717, 1.165) is 12.7 Å². The third kappa shape index (κ3) is 3.16. The first-order valence-corrected chi connectivity index (χ1v) is 3.78. The van der Waals surface area contributed by atoms with Crippen molar-refractivity contribution in [1.82, 2.24) is 4.90 Å². The predicted molar refractivity (Wildman–Crippen MR) is 43.2 cm³/mol. The summed E-state index contributed by atoms with van der Waals surface area (Å²) in [7, 11) is 3.41. The quantitative estimate of drug-likeness (QED) is 0.563. The molecule has 0 fully saturated rings. The molecule has 0 saturated heterocycles. The number of amides is 1. The van der Waals surface area contributed by atoms with Crippen molar-refractivity contribution >= 4 is 12.2 Å². The molecular formula is C8H15NO2. The van der Waals surface area contributed by atoms with Crippen LogP contribution in [0.25, 0.3) is 0 Å². The summed E-state index contributed by atoms with van der Waals surface area (Å²) in [6.45, 7) is 1.91. The van der Waals surface area contributed by atoms with Gasteiger partial charge in [0.25, 0.3) is 0 Å². The van der Waals surface area contributed by atoms with Gasteiger partial charge < -0.3 is 9.69 Å². The van der Waals surface area contributed by atoms with Gasteiger partial charge in [0.2, 0.25) is 5.91 Å². The highest BCUT2D eigenvalue weighted by Gasteiger charge is 2.16. The molecule has 1 atom stereocenters. The normalized spacial score (nSPS) is 12.3. The average Bonchev–Trinajstić information content (AvgIpc) is 1.98. The van der Waals surface area contributed by atoms with E-state index in [2.05, 4.69) is 0 Å². The van der Waals surface area contributed by atoms with Crippen LogP contribution >= 0.6 is 0 Å². The SMILES string of the molecule is CCC(CC=O)C(=O)N(C)C. The summed E-state index contributed by atoms with van der Waals surface area (Å²) in [6.07, 6.45) is 1.87. The Morgan fingerprint density at radius 1 is 1.55 bits per heavy atom. The predicted octanol–water partition coefficient (Wildman–Crippen LogP) is 0.690. The van der Waals surface area contributed by atoms with Gasteiger partial charge in [0.15, 0.2) is 0 Å². The maximum atomic E-state index is 11.2. The van der Waals surface area contributed by atoms with Crippen LogP contribution in [0.3, 0.4) is 0 Å². The van der Waals surface area contributed by atoms with Crippen molar-refractivity contribution in [3.63, 3.8) is 0 Å². The highest BCUT2D eigenvalue weighted by Crippen LogP contribution is 2.08. The molecule has 0 aromatic heterocycles. The maximum Gasteiger partial charge on any atom is 0.225 e. The van der Waals surface area contributed by atoms with E-state index in [0.29, 0.717) is 6.42 Å². The summed E-state index contributed by atoms with van der Waals surface area (Å²) < 4.78 is 0. The van der Waals surface area contributed by atoms with Crippen LogP contribution in [0.15, 0.2) is 0 Å². The zero-order chi connectivity index (χ0) is 8.85. The lowest BCUT2D eigenvalue weighted by Crippen LogP contribution is -2.29. The van der Waals surface area contributed by atoms with Gasteiger partial charge in [-0.05, 0) is 6.42 Å². The minimum atomic E-state index is -0.123. The van der Waals surface area contributed by atoms with Crippen LogP contribution < -0.4 is 0 Å². The molecule has 0 aliphatic rings. The number of hydrogen-bond acceptors (Lipinski definition) is 2. The molecule has 3 heteroatoms. The average molecular weight is 157 g/mol. The second-order valence-corrected chi connectivity index (χ2v) is 2.74. The van der Waals surface area contributed by atoms with Crippen LogP contribution in [0, 0.1) is 5.92 Å². The van der Waals surface area contributed by atoms with Crippen LogP contribution in [0.5, 0.6) is 0 Å². The molecule has 1 unspecified atom stereocenters. The second kappa shape index (κ2) is 4.88. The first kappa shape index (κ1) is 10.1. The van der Waals surface area contributed by atoms with E-state index in [1.807, 2.05) is 6.92 Å². The molecule has 0 rings (SSSR count). The van der Waals surface area contributed by atoms with Crippen molar-refractivity contribution < 1.29 is 9.59 Å². The molecule has 0 saturated carbocycles. The van der Waals surface area contributed by atoms with E-state index in [-0.39, 0.29) is 11.8 Å². The van der Waals surface area contributed by atoms with Crippen molar-refractivity contribution in [2.45, 2.75) is 19.8 Å². The van der Waals surface area contributed by atoms with Crippen molar-refractivity contribution in [3.8, 4) is 0 Å². The third-order valence-corrected chi connectivity index (χ3v) is 1.66. The van der Waals surface area contributed by atoms with Crippen LogP contribution in [0.2, 0.25) is 0 Å². The Hall–Kier alpha value is -0.860. The highest BCUT2D eigenvalue weighted by atomic mass is 16.2. The Morgan fingerprint density at radius 3 is 2.36 bits per heavy atom. The van der Waals surface area contributed by atoms with Crippen molar-refractivity contribution in [1.29, 1.82) is 0 Å². The first-order valence-electron chi connectivity index (χ1n) is 3.78. The minimum Gasteiger partial charge on any atom is -0.349 e. The van der Waals surface area contributed by atoms with Crippen LogP contribution in [0.4, 0.5) is 0 Å². The largest absolute Gasteiger partial charge is 0.349 e. The molecule has 1 amide bonds. The molecule has 0 radical (unpaired) electrons. The van der Waals surface area contributed by atoms with Crippen LogP contribution in [-0.4, -0.2) is 31.2 Å². The topological polar surface area (TPSA) is 37.4 Å². The smallest absolute Gasteiger partial charge is 0.225 e. The maximum absolute atomic E-state index is 11.2. The second-order valence-electron chi connectivity index (χ2n) is 2.74. The molecule has 0 N–H and O–H groups in total. The van der Waals surface area contributed by atoms with Gasteiger partial charge in [-0.25, -0.2) is 0 Å². The fourth-order valence-electron chi connectivity index (χ4n) is 0.923. The summed E-state index contributed by atoms with van der Waals surface area (Å²) in [5.74, 6) is -0.0814. The van der Waals surface area contributed by atoms with Gasteiger partial charge in [0.1, 0.15) is 6.29 Å². The number of carbonyl (C=O) groups excluding carboxylic acids is 2. The van der Waals surface area contributed by atoms with Gasteiger partial charge in [0, 0.05) is 26.4 Å². The standard InChI is InChI=1S/C8H15NO2/c1-4-7(5-6-10)8(11)9(2)3/h6-7H,4-5H2,1-3H3. The van der Waals surface area contributed by atoms with E-state index in [4.69, 9.17) is 0 Å². The van der Waals surface area contributed by atoms with Gasteiger partial charge in [-0.15, -0.1) is 0 Å². The lowest BCUT2D eigenvalue weighted by atomic mass is 10.0. The summed E-state index contributed by atoms with van der Waals surface area (Å²) in [6, 6.07) is 0. The molecule has 3 nitrogen and oxygen atoms in total. The van der Waals surface area contributed by atoms with E-state index in [1.165, 1.54) is 4.90 Å². The van der Waals surface area contributed by atoms with Gasteiger partial charge in [0.05, 0.1) is 0 Å². The Bertz CT molecular complexity index is 143. The van der Waals surface area contributed by atoms with Gasteiger partial charge in [-0.3, -0.25) is 4.79 Å². The van der Waals surface area contributed by atoms with Crippen LogP contribution in [-0.2, 0) is 9.59 Å². The van der Waals surface area contributed by atoms with E-state index in [9.17, 15) is 9.59 Å². The van der Waals surface area contributed by atoms with E-state index in [1.54, 1.807) is 14.1 Å². The summed E-state index contributed by atoms with van der Waals surface area (Å²) in [5.41, 5.74) is 0. The number of carbonyl (C=O) groups is 2. The van der Waals surface area contributed by atoms with Crippen molar-refractivity contribution in [2.75, 3.05) is 14.1 Å². The lowest BCUT2D eigenvalue weighted by Gasteiger charge is -2.16. The first-order chi connectivity index (χ1) is 5.13. The number of aldehydes is 1. The number of nitrogens with zero attached hydrogens (tertiary/aromatic N) is 1. The molecule has 64 valence electrons. The Balaban J connectivity index is 4.02. The Morgan fingerprint density at radius 2 is 2.09 bits per heavy atom. The van der Waals surface area contributed by atoms with E-state index < -0.39 is 0 Å². The molecule has 0 aliphatic carbocycles.